The average molecular weight is 441 g/mol. The summed E-state index contributed by atoms with van der Waals surface area (Å²) in [6, 6.07) is 13.2. The van der Waals surface area contributed by atoms with E-state index < -0.39 is 17.3 Å². The van der Waals surface area contributed by atoms with Gasteiger partial charge in [0.1, 0.15) is 11.2 Å². The lowest BCUT2D eigenvalue weighted by atomic mass is 10.2. The largest absolute Gasteiger partial charge is 0.352 e. The van der Waals surface area contributed by atoms with Crippen LogP contribution in [0.25, 0.3) is 5.13 Å². The van der Waals surface area contributed by atoms with Crippen LogP contribution in [-0.4, -0.2) is 25.2 Å². The number of amides is 1. The molecule has 0 aliphatic carbocycles. The molecule has 31 heavy (non-hydrogen) atoms. The molecular weight excluding hydrogens is 424 g/mol. The third-order valence-corrected chi connectivity index (χ3v) is 5.73. The van der Waals surface area contributed by atoms with Crippen LogP contribution in [0.15, 0.2) is 59.7 Å². The first-order valence-corrected chi connectivity index (χ1v) is 10.1. The highest BCUT2D eigenvalue weighted by Gasteiger charge is 2.19. The summed E-state index contributed by atoms with van der Waals surface area (Å²) in [7, 11) is 0. The number of halogens is 2. The van der Waals surface area contributed by atoms with Gasteiger partial charge in [0.15, 0.2) is 16.8 Å². The number of thiazole rings is 1. The van der Waals surface area contributed by atoms with Crippen molar-refractivity contribution < 1.29 is 13.6 Å². The van der Waals surface area contributed by atoms with Crippen molar-refractivity contribution in [3.8, 4) is 5.13 Å². The molecule has 0 saturated heterocycles. The van der Waals surface area contributed by atoms with Gasteiger partial charge < -0.3 is 5.32 Å². The van der Waals surface area contributed by atoms with E-state index in [1.807, 2.05) is 30.3 Å². The summed E-state index contributed by atoms with van der Waals surface area (Å²) in [5.41, 5.74) is 0.860. The van der Waals surface area contributed by atoms with Gasteiger partial charge >= 0.3 is 5.69 Å². The van der Waals surface area contributed by atoms with Gasteiger partial charge in [-0.25, -0.2) is 27.8 Å². The number of hydrogen-bond donors (Lipinski definition) is 1. The molecule has 2 aromatic heterocycles. The van der Waals surface area contributed by atoms with Crippen molar-refractivity contribution in [2.75, 3.05) is 0 Å². The molecule has 0 bridgehead atoms. The van der Waals surface area contributed by atoms with Crippen molar-refractivity contribution in [1.29, 1.82) is 0 Å². The summed E-state index contributed by atoms with van der Waals surface area (Å²) in [6.45, 7) is 1.81. The van der Waals surface area contributed by atoms with Gasteiger partial charge in [0.05, 0.1) is 12.2 Å². The summed E-state index contributed by atoms with van der Waals surface area (Å²) >= 11 is 1.05. The van der Waals surface area contributed by atoms with Crippen LogP contribution in [0.4, 0.5) is 8.78 Å². The van der Waals surface area contributed by atoms with Crippen LogP contribution in [0.5, 0.6) is 0 Å². The van der Waals surface area contributed by atoms with E-state index in [1.165, 1.54) is 23.0 Å². The minimum atomic E-state index is -1.02. The molecule has 0 atom stereocenters. The van der Waals surface area contributed by atoms with Gasteiger partial charge in [-0.3, -0.25) is 4.79 Å². The first kappa shape index (κ1) is 20.6. The lowest BCUT2D eigenvalue weighted by Crippen LogP contribution is -2.24. The zero-order valence-corrected chi connectivity index (χ0v) is 17.2. The second-order valence-corrected chi connectivity index (χ2v) is 7.71. The number of carbonyl (C=O) groups is 1. The Hall–Kier alpha value is -3.66. The fourth-order valence-electron chi connectivity index (χ4n) is 2.96. The number of carbonyl (C=O) groups excluding carboxylic acids is 1. The topological polar surface area (TPSA) is 81.8 Å². The minimum absolute atomic E-state index is 0.00338. The number of benzene rings is 2. The monoisotopic (exact) mass is 441 g/mol. The Balaban J connectivity index is 1.54. The zero-order chi connectivity index (χ0) is 22.0. The summed E-state index contributed by atoms with van der Waals surface area (Å²) < 4.78 is 29.5. The van der Waals surface area contributed by atoms with Crippen molar-refractivity contribution in [1.82, 2.24) is 24.6 Å². The van der Waals surface area contributed by atoms with Crippen LogP contribution in [0.2, 0.25) is 0 Å². The summed E-state index contributed by atoms with van der Waals surface area (Å²) in [4.78, 5) is 29.9. The third kappa shape index (κ3) is 4.29. The van der Waals surface area contributed by atoms with Crippen molar-refractivity contribution in [3.63, 3.8) is 0 Å². The maximum Gasteiger partial charge on any atom is 0.352 e. The van der Waals surface area contributed by atoms with Crippen LogP contribution >= 0.6 is 11.3 Å². The van der Waals surface area contributed by atoms with Gasteiger partial charge in [-0.2, -0.15) is 5.10 Å². The molecular formula is C21H17F2N5O2S. The molecule has 0 fully saturated rings. The van der Waals surface area contributed by atoms with Gasteiger partial charge in [-0.15, -0.1) is 0 Å². The fourth-order valence-corrected chi connectivity index (χ4v) is 3.91. The fraction of sp³-hybridized carbons (Fsp3) is 0.143. The minimum Gasteiger partial charge on any atom is -0.347 e. The molecule has 0 aliphatic rings. The molecule has 0 aliphatic heterocycles. The number of nitrogens with one attached hydrogen (secondary N) is 1. The number of aromatic nitrogens is 4. The number of aryl methyl sites for hydroxylation is 1. The standard InChI is InChI=1S/C21H17F2N5O2S/c1-13-18(19(29)24-10-14-6-3-2-4-7-14)31-20(26-13)27-12-25-28(21(27)30)11-15-8-5-9-16(22)17(15)23/h2-9,12H,10-11H2,1H3,(H,24,29). The van der Waals surface area contributed by atoms with E-state index in [4.69, 9.17) is 0 Å². The normalized spacial score (nSPS) is 10.9. The Bertz CT molecular complexity index is 1300. The number of rotatable bonds is 6. The highest BCUT2D eigenvalue weighted by atomic mass is 32.1. The molecule has 0 radical (unpaired) electrons. The number of hydrogen-bond acceptors (Lipinski definition) is 5. The van der Waals surface area contributed by atoms with E-state index in [2.05, 4.69) is 15.4 Å². The van der Waals surface area contributed by atoms with E-state index in [1.54, 1.807) is 6.92 Å². The Morgan fingerprint density at radius 3 is 2.68 bits per heavy atom. The molecule has 7 nitrogen and oxygen atoms in total. The quantitative estimate of drug-likeness (QED) is 0.499. The first-order chi connectivity index (χ1) is 14.9. The van der Waals surface area contributed by atoms with Gasteiger partial charge in [0, 0.05) is 12.1 Å². The summed E-state index contributed by atoms with van der Waals surface area (Å²) in [6.07, 6.45) is 1.24. The summed E-state index contributed by atoms with van der Waals surface area (Å²) in [5, 5.41) is 7.06. The van der Waals surface area contributed by atoms with Gasteiger partial charge in [0.2, 0.25) is 0 Å². The molecule has 1 N–H and O–H groups in total. The van der Waals surface area contributed by atoms with Gasteiger partial charge in [-0.05, 0) is 18.6 Å². The molecule has 2 heterocycles. The van der Waals surface area contributed by atoms with Crippen LogP contribution in [0, 0.1) is 18.6 Å². The Kier molecular flexibility index (Phi) is 5.72. The molecule has 0 unspecified atom stereocenters. The molecule has 1 amide bonds. The van der Waals surface area contributed by atoms with E-state index in [-0.39, 0.29) is 23.1 Å². The highest BCUT2D eigenvalue weighted by Crippen LogP contribution is 2.21. The predicted molar refractivity (Wildman–Crippen MR) is 111 cm³/mol. The summed E-state index contributed by atoms with van der Waals surface area (Å²) in [5.74, 6) is -2.31. The molecule has 4 aromatic rings. The Morgan fingerprint density at radius 2 is 1.90 bits per heavy atom. The Labute approximate surface area is 179 Å². The molecule has 10 heteroatoms. The van der Waals surface area contributed by atoms with E-state index in [0.29, 0.717) is 17.1 Å². The molecule has 2 aromatic carbocycles. The van der Waals surface area contributed by atoms with Crippen LogP contribution in [0.1, 0.15) is 26.5 Å². The SMILES string of the molecule is Cc1nc(-n2cnn(Cc3cccc(F)c3F)c2=O)sc1C(=O)NCc1ccccc1. The van der Waals surface area contributed by atoms with Crippen LogP contribution < -0.4 is 11.0 Å². The maximum atomic E-state index is 13.9. The van der Waals surface area contributed by atoms with Gasteiger partial charge in [0.25, 0.3) is 5.91 Å². The van der Waals surface area contributed by atoms with Crippen molar-refractivity contribution in [3.05, 3.63) is 98.7 Å². The van der Waals surface area contributed by atoms with Crippen molar-refractivity contribution >= 4 is 17.2 Å². The zero-order valence-electron chi connectivity index (χ0n) is 16.4. The lowest BCUT2D eigenvalue weighted by molar-refractivity contribution is 0.0954. The van der Waals surface area contributed by atoms with E-state index in [0.717, 1.165) is 27.6 Å². The molecule has 158 valence electrons. The predicted octanol–water partition coefficient (Wildman–Crippen LogP) is 3.06. The average Bonchev–Trinajstić information content (AvgIpc) is 3.33. The highest BCUT2D eigenvalue weighted by molar-refractivity contribution is 7.16. The van der Waals surface area contributed by atoms with Gasteiger partial charge in [-0.1, -0.05) is 53.8 Å². The smallest absolute Gasteiger partial charge is 0.347 e. The van der Waals surface area contributed by atoms with Crippen LogP contribution in [0.3, 0.4) is 0 Å². The van der Waals surface area contributed by atoms with E-state index >= 15 is 0 Å². The Morgan fingerprint density at radius 1 is 1.13 bits per heavy atom. The van der Waals surface area contributed by atoms with Crippen LogP contribution in [-0.2, 0) is 13.1 Å². The number of nitrogens with zero attached hydrogens (tertiary/aromatic N) is 4. The second-order valence-electron chi connectivity index (χ2n) is 6.73. The second kappa shape index (κ2) is 8.60. The lowest BCUT2D eigenvalue weighted by Gasteiger charge is -2.03. The first-order valence-electron chi connectivity index (χ1n) is 9.31. The third-order valence-electron chi connectivity index (χ3n) is 4.58. The molecule has 0 spiro atoms. The molecule has 0 saturated carbocycles. The van der Waals surface area contributed by atoms with Crippen molar-refractivity contribution in [2.24, 2.45) is 0 Å². The molecule has 4 rings (SSSR count). The maximum absolute atomic E-state index is 13.9. The van der Waals surface area contributed by atoms with E-state index in [9.17, 15) is 18.4 Å². The van der Waals surface area contributed by atoms with Crippen molar-refractivity contribution in [2.45, 2.75) is 20.0 Å².